The Morgan fingerprint density at radius 3 is 2.52 bits per heavy atom. The Morgan fingerprint density at radius 1 is 1.15 bits per heavy atom. The van der Waals surface area contributed by atoms with Crippen LogP contribution in [0.2, 0.25) is 5.02 Å². The molecule has 0 saturated carbocycles. The first-order chi connectivity index (χ1) is 15.6. The van der Waals surface area contributed by atoms with Gasteiger partial charge < -0.3 is 14.8 Å². The molecule has 0 bridgehead atoms. The highest BCUT2D eigenvalue weighted by atomic mass is 35.5. The predicted molar refractivity (Wildman–Crippen MR) is 117 cm³/mol. The second-order valence-electron chi connectivity index (χ2n) is 7.90. The average Bonchev–Trinajstić information content (AvgIpc) is 2.78. The van der Waals surface area contributed by atoms with E-state index in [1.807, 2.05) is 0 Å². The SMILES string of the molecule is Cc1ccc(NC(=O)OCC2(C(=O)NCc3ccccc3Cl)CCOCC2)cc1C(F)(F)F. The molecule has 178 valence electrons. The maximum absolute atomic E-state index is 13.1. The van der Waals surface area contributed by atoms with Crippen LogP contribution in [0.5, 0.6) is 0 Å². The summed E-state index contributed by atoms with van der Waals surface area (Å²) in [5.41, 5.74) is -1.13. The molecule has 0 unspecified atom stereocenters. The van der Waals surface area contributed by atoms with Crippen molar-refractivity contribution in [2.24, 2.45) is 5.41 Å². The third-order valence-electron chi connectivity index (χ3n) is 5.60. The van der Waals surface area contributed by atoms with Crippen molar-refractivity contribution in [2.75, 3.05) is 25.1 Å². The van der Waals surface area contributed by atoms with Crippen LogP contribution >= 0.6 is 11.6 Å². The van der Waals surface area contributed by atoms with E-state index < -0.39 is 23.2 Å². The summed E-state index contributed by atoms with van der Waals surface area (Å²) in [6.45, 7) is 1.93. The molecule has 2 aromatic rings. The predicted octanol–water partition coefficient (Wildman–Crippen LogP) is 5.33. The summed E-state index contributed by atoms with van der Waals surface area (Å²) in [4.78, 5) is 25.3. The molecule has 33 heavy (non-hydrogen) atoms. The molecule has 3 rings (SSSR count). The molecule has 2 aromatic carbocycles. The number of ether oxygens (including phenoxy) is 2. The van der Waals surface area contributed by atoms with Crippen LogP contribution in [0.15, 0.2) is 42.5 Å². The fraction of sp³-hybridized carbons (Fsp3) is 0.391. The number of amides is 2. The number of carbonyl (C=O) groups excluding carboxylic acids is 2. The number of hydrogen-bond donors (Lipinski definition) is 2. The fourth-order valence-electron chi connectivity index (χ4n) is 3.57. The van der Waals surface area contributed by atoms with Crippen LogP contribution in [0.4, 0.5) is 23.7 Å². The summed E-state index contributed by atoms with van der Waals surface area (Å²) in [5, 5.41) is 5.66. The van der Waals surface area contributed by atoms with Gasteiger partial charge in [0.05, 0.1) is 11.0 Å². The molecule has 10 heteroatoms. The van der Waals surface area contributed by atoms with Gasteiger partial charge in [-0.2, -0.15) is 13.2 Å². The van der Waals surface area contributed by atoms with Crippen LogP contribution in [0.25, 0.3) is 0 Å². The van der Waals surface area contributed by atoms with Gasteiger partial charge in [-0.1, -0.05) is 35.9 Å². The Bertz CT molecular complexity index is 1010. The zero-order valence-electron chi connectivity index (χ0n) is 17.9. The van der Waals surface area contributed by atoms with Gasteiger partial charge >= 0.3 is 12.3 Å². The second kappa shape index (κ2) is 10.4. The number of aryl methyl sites for hydroxylation is 1. The minimum atomic E-state index is -4.54. The maximum atomic E-state index is 13.1. The number of rotatable bonds is 6. The van der Waals surface area contributed by atoms with E-state index in [2.05, 4.69) is 10.6 Å². The van der Waals surface area contributed by atoms with E-state index in [4.69, 9.17) is 21.1 Å². The van der Waals surface area contributed by atoms with Gasteiger partial charge in [0.1, 0.15) is 6.61 Å². The number of carbonyl (C=O) groups is 2. The Balaban J connectivity index is 1.64. The molecule has 0 spiro atoms. The lowest BCUT2D eigenvalue weighted by atomic mass is 9.80. The Morgan fingerprint density at radius 2 is 1.85 bits per heavy atom. The van der Waals surface area contributed by atoms with E-state index in [1.54, 1.807) is 24.3 Å². The smallest absolute Gasteiger partial charge is 0.416 e. The lowest BCUT2D eigenvalue weighted by Gasteiger charge is -2.35. The normalized spacial score (nSPS) is 15.5. The number of benzene rings is 2. The zero-order valence-corrected chi connectivity index (χ0v) is 18.7. The van der Waals surface area contributed by atoms with Crippen molar-refractivity contribution in [2.45, 2.75) is 32.5 Å². The quantitative estimate of drug-likeness (QED) is 0.581. The highest BCUT2D eigenvalue weighted by molar-refractivity contribution is 6.31. The van der Waals surface area contributed by atoms with Crippen LogP contribution < -0.4 is 10.6 Å². The lowest BCUT2D eigenvalue weighted by molar-refractivity contribution is -0.140. The zero-order chi connectivity index (χ0) is 24.1. The van der Waals surface area contributed by atoms with E-state index in [-0.39, 0.29) is 30.3 Å². The number of hydrogen-bond acceptors (Lipinski definition) is 4. The van der Waals surface area contributed by atoms with Crippen molar-refractivity contribution < 1.29 is 32.2 Å². The third kappa shape index (κ3) is 6.39. The topological polar surface area (TPSA) is 76.7 Å². The van der Waals surface area contributed by atoms with Gasteiger partial charge in [-0.25, -0.2) is 4.79 Å². The first kappa shape index (κ1) is 24.9. The average molecular weight is 485 g/mol. The van der Waals surface area contributed by atoms with E-state index in [0.29, 0.717) is 31.1 Å². The van der Waals surface area contributed by atoms with Crippen LogP contribution in [-0.4, -0.2) is 31.8 Å². The molecule has 0 radical (unpaired) electrons. The van der Waals surface area contributed by atoms with Crippen molar-refractivity contribution in [3.05, 3.63) is 64.2 Å². The first-order valence-corrected chi connectivity index (χ1v) is 10.7. The van der Waals surface area contributed by atoms with Gasteiger partial charge in [0, 0.05) is 30.5 Å². The van der Waals surface area contributed by atoms with E-state index >= 15 is 0 Å². The summed E-state index contributed by atoms with van der Waals surface area (Å²) in [6.07, 6.45) is -4.83. The van der Waals surface area contributed by atoms with Crippen LogP contribution in [0, 0.1) is 12.3 Å². The molecule has 0 atom stereocenters. The summed E-state index contributed by atoms with van der Waals surface area (Å²) in [5.74, 6) is -0.312. The molecule has 1 aliphatic rings. The summed E-state index contributed by atoms with van der Waals surface area (Å²) in [7, 11) is 0. The summed E-state index contributed by atoms with van der Waals surface area (Å²) >= 11 is 6.14. The van der Waals surface area contributed by atoms with E-state index in [1.165, 1.54) is 19.1 Å². The van der Waals surface area contributed by atoms with Crippen molar-refractivity contribution in [1.29, 1.82) is 0 Å². The fourth-order valence-corrected chi connectivity index (χ4v) is 3.77. The molecule has 1 saturated heterocycles. The van der Waals surface area contributed by atoms with E-state index in [0.717, 1.165) is 11.6 Å². The highest BCUT2D eigenvalue weighted by Gasteiger charge is 2.41. The van der Waals surface area contributed by atoms with Gasteiger partial charge in [-0.3, -0.25) is 10.1 Å². The molecular formula is C23H24ClF3N2O4. The molecule has 0 aliphatic carbocycles. The minimum Gasteiger partial charge on any atom is -0.448 e. The monoisotopic (exact) mass is 484 g/mol. The molecule has 1 aliphatic heterocycles. The van der Waals surface area contributed by atoms with Crippen molar-refractivity contribution in [3.8, 4) is 0 Å². The minimum absolute atomic E-state index is 0.0396. The standard InChI is InChI=1S/C23H24ClF3N2O4/c1-15-6-7-17(12-18(15)23(25,26)27)29-21(31)33-14-22(8-10-32-11-9-22)20(30)28-13-16-4-2-3-5-19(16)24/h2-7,12H,8-11,13-14H2,1H3,(H,28,30)(H,29,31). The molecular weight excluding hydrogens is 461 g/mol. The number of alkyl halides is 3. The van der Waals surface area contributed by atoms with Crippen molar-refractivity contribution in [1.82, 2.24) is 5.32 Å². The molecule has 2 amide bonds. The molecule has 2 N–H and O–H groups in total. The molecule has 0 aromatic heterocycles. The molecule has 1 heterocycles. The van der Waals surface area contributed by atoms with Gasteiger partial charge in [-0.05, 0) is 49.1 Å². The van der Waals surface area contributed by atoms with Gasteiger partial charge in [-0.15, -0.1) is 0 Å². The van der Waals surface area contributed by atoms with E-state index in [9.17, 15) is 22.8 Å². The molecule has 1 fully saturated rings. The maximum Gasteiger partial charge on any atom is 0.416 e. The van der Waals surface area contributed by atoms with Crippen molar-refractivity contribution >= 4 is 29.3 Å². The highest BCUT2D eigenvalue weighted by Crippen LogP contribution is 2.34. The van der Waals surface area contributed by atoms with Gasteiger partial charge in [0.15, 0.2) is 0 Å². The van der Waals surface area contributed by atoms with Gasteiger partial charge in [0.25, 0.3) is 0 Å². The number of nitrogens with one attached hydrogen (secondary N) is 2. The number of halogens is 4. The number of anilines is 1. The van der Waals surface area contributed by atoms with Crippen LogP contribution in [0.3, 0.4) is 0 Å². The van der Waals surface area contributed by atoms with Crippen molar-refractivity contribution in [3.63, 3.8) is 0 Å². The summed E-state index contributed by atoms with van der Waals surface area (Å²) < 4.78 is 49.9. The Hall–Kier alpha value is -2.78. The molecule has 6 nitrogen and oxygen atoms in total. The van der Waals surface area contributed by atoms with Gasteiger partial charge in [0.2, 0.25) is 5.91 Å². The summed E-state index contributed by atoms with van der Waals surface area (Å²) in [6, 6.07) is 10.6. The third-order valence-corrected chi connectivity index (χ3v) is 5.97. The Kier molecular flexibility index (Phi) is 7.86. The first-order valence-electron chi connectivity index (χ1n) is 10.3. The van der Waals surface area contributed by atoms with Crippen LogP contribution in [-0.2, 0) is 27.0 Å². The lowest BCUT2D eigenvalue weighted by Crippen LogP contribution is -2.48. The second-order valence-corrected chi connectivity index (χ2v) is 8.30. The van der Waals surface area contributed by atoms with Crippen LogP contribution in [0.1, 0.15) is 29.5 Å². The largest absolute Gasteiger partial charge is 0.448 e. The Labute approximate surface area is 194 Å².